The Labute approximate surface area is 157 Å². The SMILES string of the molecule is C[N+]12CCCC[C@H]1[C@@H](COC(=O)[C@@H]1CC(=O)OC13CCCCC3)CCC2. The average molecular weight is 365 g/mol. The van der Waals surface area contributed by atoms with Crippen LogP contribution in [0.1, 0.15) is 70.6 Å². The zero-order valence-corrected chi connectivity index (χ0v) is 16.2. The van der Waals surface area contributed by atoms with Crippen LogP contribution >= 0.6 is 0 Å². The van der Waals surface area contributed by atoms with Crippen LogP contribution in [0.15, 0.2) is 0 Å². The molecule has 3 aliphatic heterocycles. The number of rotatable bonds is 3. The molecular weight excluding hydrogens is 330 g/mol. The van der Waals surface area contributed by atoms with Crippen molar-refractivity contribution in [3.05, 3.63) is 0 Å². The summed E-state index contributed by atoms with van der Waals surface area (Å²) in [7, 11) is 2.39. The maximum atomic E-state index is 12.9. The molecule has 1 spiro atoms. The van der Waals surface area contributed by atoms with Crippen molar-refractivity contribution in [2.75, 3.05) is 26.7 Å². The second-order valence-electron chi connectivity index (χ2n) is 9.38. The predicted molar refractivity (Wildman–Crippen MR) is 97.3 cm³/mol. The third kappa shape index (κ3) is 3.28. The second-order valence-corrected chi connectivity index (χ2v) is 9.38. The first kappa shape index (κ1) is 18.3. The highest BCUT2D eigenvalue weighted by atomic mass is 16.6. The van der Waals surface area contributed by atoms with Crippen molar-refractivity contribution < 1.29 is 23.5 Å². The van der Waals surface area contributed by atoms with E-state index < -0.39 is 5.60 Å². The molecule has 0 bridgehead atoms. The van der Waals surface area contributed by atoms with Gasteiger partial charge in [0.25, 0.3) is 0 Å². The van der Waals surface area contributed by atoms with E-state index in [4.69, 9.17) is 9.47 Å². The number of carbonyl (C=O) groups is 2. The molecule has 4 aliphatic rings. The number of hydrogen-bond acceptors (Lipinski definition) is 4. The van der Waals surface area contributed by atoms with Crippen LogP contribution in [-0.2, 0) is 19.1 Å². The summed E-state index contributed by atoms with van der Waals surface area (Å²) in [6, 6.07) is 0.635. The van der Waals surface area contributed by atoms with Crippen molar-refractivity contribution in [1.82, 2.24) is 0 Å². The lowest BCUT2D eigenvalue weighted by Crippen LogP contribution is -2.61. The van der Waals surface area contributed by atoms with Crippen molar-refractivity contribution in [3.63, 3.8) is 0 Å². The van der Waals surface area contributed by atoms with Gasteiger partial charge in [0.1, 0.15) is 11.5 Å². The van der Waals surface area contributed by atoms with E-state index in [2.05, 4.69) is 7.05 Å². The van der Waals surface area contributed by atoms with E-state index in [1.807, 2.05) is 0 Å². The Morgan fingerprint density at radius 2 is 1.88 bits per heavy atom. The molecule has 0 radical (unpaired) electrons. The number of hydrogen-bond donors (Lipinski definition) is 0. The molecule has 26 heavy (non-hydrogen) atoms. The van der Waals surface area contributed by atoms with E-state index >= 15 is 0 Å². The molecular formula is C21H34NO4+. The molecule has 0 aromatic carbocycles. The summed E-state index contributed by atoms with van der Waals surface area (Å²) in [4.78, 5) is 24.8. The molecule has 3 saturated heterocycles. The summed E-state index contributed by atoms with van der Waals surface area (Å²) in [5, 5.41) is 0. The van der Waals surface area contributed by atoms with Crippen LogP contribution in [0.25, 0.3) is 0 Å². The van der Waals surface area contributed by atoms with Crippen molar-refractivity contribution in [2.24, 2.45) is 11.8 Å². The van der Waals surface area contributed by atoms with Gasteiger partial charge in [-0.1, -0.05) is 6.42 Å². The lowest BCUT2D eigenvalue weighted by molar-refractivity contribution is -0.947. The van der Waals surface area contributed by atoms with Crippen molar-refractivity contribution in [1.29, 1.82) is 0 Å². The number of carbonyl (C=O) groups excluding carboxylic acids is 2. The Hall–Kier alpha value is -1.10. The van der Waals surface area contributed by atoms with Crippen molar-refractivity contribution in [2.45, 2.75) is 82.3 Å². The van der Waals surface area contributed by atoms with Crippen molar-refractivity contribution in [3.8, 4) is 0 Å². The molecule has 1 unspecified atom stereocenters. The van der Waals surface area contributed by atoms with Crippen LogP contribution in [0.3, 0.4) is 0 Å². The third-order valence-electron chi connectivity index (χ3n) is 7.75. The minimum Gasteiger partial charge on any atom is -0.465 e. The van der Waals surface area contributed by atoms with Crippen LogP contribution in [0.2, 0.25) is 0 Å². The Bertz CT molecular complexity index is 552. The fourth-order valence-electron chi connectivity index (χ4n) is 6.31. The second kappa shape index (κ2) is 7.14. The Morgan fingerprint density at radius 1 is 1.12 bits per heavy atom. The molecule has 4 atom stereocenters. The van der Waals surface area contributed by atoms with Crippen LogP contribution in [0.5, 0.6) is 0 Å². The number of fused-ring (bicyclic) bond motifs is 1. The molecule has 1 aliphatic carbocycles. The van der Waals surface area contributed by atoms with Crippen molar-refractivity contribution >= 4 is 11.9 Å². The molecule has 4 fully saturated rings. The van der Waals surface area contributed by atoms with Crippen LogP contribution in [-0.4, -0.2) is 54.8 Å². The van der Waals surface area contributed by atoms with E-state index in [0.717, 1.165) is 36.6 Å². The first-order valence-corrected chi connectivity index (χ1v) is 10.8. The first-order valence-electron chi connectivity index (χ1n) is 10.8. The fraction of sp³-hybridized carbons (Fsp3) is 0.905. The van der Waals surface area contributed by atoms with Gasteiger partial charge in [-0.2, -0.15) is 0 Å². The zero-order chi connectivity index (χ0) is 18.2. The fourth-order valence-corrected chi connectivity index (χ4v) is 6.31. The van der Waals surface area contributed by atoms with Gasteiger partial charge in [0.2, 0.25) is 0 Å². The highest BCUT2D eigenvalue weighted by Crippen LogP contribution is 2.45. The summed E-state index contributed by atoms with van der Waals surface area (Å²) >= 11 is 0. The number of piperidine rings is 2. The molecule has 146 valence electrons. The van der Waals surface area contributed by atoms with Gasteiger partial charge < -0.3 is 14.0 Å². The standard InChI is InChI=1S/C21H34NO4/c1-22-12-6-3-9-18(22)16(8-7-13-22)15-25-20(24)17-14-19(23)26-21(17)10-4-2-5-11-21/h16-18H,2-15H2,1H3/q+1/t16-,17+,18+,22?/m1/s1. The highest BCUT2D eigenvalue weighted by molar-refractivity contribution is 5.84. The van der Waals surface area contributed by atoms with E-state index in [1.54, 1.807) is 0 Å². The maximum Gasteiger partial charge on any atom is 0.313 e. The molecule has 0 amide bonds. The normalized spacial score (nSPS) is 39.3. The Morgan fingerprint density at radius 3 is 2.69 bits per heavy atom. The summed E-state index contributed by atoms with van der Waals surface area (Å²) in [6.07, 6.45) is 11.4. The van der Waals surface area contributed by atoms with E-state index in [-0.39, 0.29) is 24.3 Å². The van der Waals surface area contributed by atoms with E-state index in [0.29, 0.717) is 18.6 Å². The van der Waals surface area contributed by atoms with Gasteiger partial charge in [0.05, 0.1) is 39.2 Å². The molecule has 3 heterocycles. The van der Waals surface area contributed by atoms with Crippen LogP contribution in [0, 0.1) is 11.8 Å². The average Bonchev–Trinajstić information content (AvgIpc) is 2.95. The largest absolute Gasteiger partial charge is 0.465 e. The Balaban J connectivity index is 1.39. The number of quaternary nitrogens is 1. The first-order chi connectivity index (χ1) is 12.5. The van der Waals surface area contributed by atoms with Gasteiger partial charge in [-0.3, -0.25) is 9.59 Å². The molecule has 5 heteroatoms. The monoisotopic (exact) mass is 364 g/mol. The number of nitrogens with zero attached hydrogens (tertiary/aromatic N) is 1. The summed E-state index contributed by atoms with van der Waals surface area (Å²) in [6.45, 7) is 3.06. The molecule has 1 saturated carbocycles. The Kier molecular flexibility index (Phi) is 5.02. The lowest BCUT2D eigenvalue weighted by Gasteiger charge is -2.51. The van der Waals surface area contributed by atoms with Gasteiger partial charge in [-0.25, -0.2) is 0 Å². The van der Waals surface area contributed by atoms with Gasteiger partial charge in [0.15, 0.2) is 0 Å². The molecule has 4 rings (SSSR count). The topological polar surface area (TPSA) is 52.6 Å². The maximum absolute atomic E-state index is 12.9. The van der Waals surface area contributed by atoms with Crippen LogP contribution in [0.4, 0.5) is 0 Å². The highest BCUT2D eigenvalue weighted by Gasteiger charge is 2.54. The summed E-state index contributed by atoms with van der Waals surface area (Å²) < 4.78 is 12.7. The molecule has 5 nitrogen and oxygen atoms in total. The minimum absolute atomic E-state index is 0.187. The number of ether oxygens (including phenoxy) is 2. The molecule has 0 aromatic heterocycles. The molecule has 0 N–H and O–H groups in total. The van der Waals surface area contributed by atoms with Gasteiger partial charge in [-0.05, 0) is 51.4 Å². The van der Waals surface area contributed by atoms with E-state index in [9.17, 15) is 9.59 Å². The lowest BCUT2D eigenvalue weighted by atomic mass is 9.76. The summed E-state index contributed by atoms with van der Waals surface area (Å²) in [5.74, 6) is -0.319. The van der Waals surface area contributed by atoms with E-state index in [1.165, 1.54) is 45.2 Å². The van der Waals surface area contributed by atoms with Gasteiger partial charge in [-0.15, -0.1) is 0 Å². The predicted octanol–water partition coefficient (Wildman–Crippen LogP) is 3.20. The van der Waals surface area contributed by atoms with Gasteiger partial charge >= 0.3 is 11.9 Å². The van der Waals surface area contributed by atoms with Crippen LogP contribution < -0.4 is 0 Å². The molecule has 0 aromatic rings. The minimum atomic E-state index is -0.561. The summed E-state index contributed by atoms with van der Waals surface area (Å²) in [5.41, 5.74) is -0.561. The third-order valence-corrected chi connectivity index (χ3v) is 7.75. The quantitative estimate of drug-likeness (QED) is 0.570. The number of esters is 2. The smallest absolute Gasteiger partial charge is 0.313 e. The van der Waals surface area contributed by atoms with Gasteiger partial charge in [0, 0.05) is 12.3 Å². The zero-order valence-electron chi connectivity index (χ0n) is 16.2.